The number of pyridine rings is 1. The molecule has 0 radical (unpaired) electrons. The molecule has 2 aliphatic carbocycles. The topological polar surface area (TPSA) is 106 Å². The normalized spacial score (nSPS) is 27.4. The van der Waals surface area contributed by atoms with Crippen LogP contribution in [0.1, 0.15) is 83.1 Å². The van der Waals surface area contributed by atoms with Gasteiger partial charge in [0, 0.05) is 24.3 Å². The molecule has 0 spiro atoms. The minimum absolute atomic E-state index is 0.0284. The van der Waals surface area contributed by atoms with E-state index in [-0.39, 0.29) is 22.9 Å². The maximum Gasteiger partial charge on any atom is 0.323 e. The van der Waals surface area contributed by atoms with Crippen LogP contribution in [0.15, 0.2) is 52.2 Å². The van der Waals surface area contributed by atoms with Gasteiger partial charge < -0.3 is 19.6 Å². The van der Waals surface area contributed by atoms with Gasteiger partial charge in [0.25, 0.3) is 11.1 Å². The molecule has 1 aromatic carbocycles. The second-order valence-electron chi connectivity index (χ2n) is 12.3. The Hall–Kier alpha value is -3.26. The number of nitrogens with zero attached hydrogens (tertiary/aromatic N) is 3. The third kappa shape index (κ3) is 5.64. The van der Waals surface area contributed by atoms with Crippen LogP contribution in [0.3, 0.4) is 0 Å². The monoisotopic (exact) mass is 544 g/mol. The summed E-state index contributed by atoms with van der Waals surface area (Å²) < 4.78 is 2.91. The predicted molar refractivity (Wildman–Crippen MR) is 155 cm³/mol. The largest absolute Gasteiger partial charge is 0.480 e. The summed E-state index contributed by atoms with van der Waals surface area (Å²) in [5.74, 6) is 1.18. The van der Waals surface area contributed by atoms with Crippen LogP contribution in [0.5, 0.6) is 0 Å². The predicted octanol–water partition coefficient (Wildman–Crippen LogP) is 5.13. The fourth-order valence-electron chi connectivity index (χ4n) is 7.75. The van der Waals surface area contributed by atoms with E-state index in [0.29, 0.717) is 17.6 Å². The van der Waals surface area contributed by atoms with Gasteiger partial charge in [0.2, 0.25) is 0 Å². The number of para-hydroxylation sites is 2. The van der Waals surface area contributed by atoms with E-state index in [2.05, 4.69) is 10.3 Å². The van der Waals surface area contributed by atoms with Crippen molar-refractivity contribution in [3.8, 4) is 11.3 Å². The Morgan fingerprint density at radius 1 is 0.850 bits per heavy atom. The van der Waals surface area contributed by atoms with Crippen LogP contribution in [0.4, 0.5) is 0 Å². The molecule has 2 aliphatic heterocycles. The molecule has 40 heavy (non-hydrogen) atoms. The first-order valence-corrected chi connectivity index (χ1v) is 15.1. The van der Waals surface area contributed by atoms with Crippen molar-refractivity contribution in [1.82, 2.24) is 19.4 Å². The number of carbonyl (C=O) groups is 1. The molecule has 2 unspecified atom stereocenters. The van der Waals surface area contributed by atoms with Crippen LogP contribution in [0.25, 0.3) is 22.3 Å². The number of carboxylic acid groups (broad SMARTS) is 1. The SMILES string of the molecule is C1CC2CCCC(C1)C2.O=C(O)Cn1cccc(-c2nc3ccccc3n(C3CC4CCCC(C3)N4)c2=O)c1=O. The lowest BCUT2D eigenvalue weighted by Gasteiger charge is -2.41. The zero-order valence-electron chi connectivity index (χ0n) is 23.1. The van der Waals surface area contributed by atoms with Crippen molar-refractivity contribution in [3.63, 3.8) is 0 Å². The minimum atomic E-state index is -1.12. The van der Waals surface area contributed by atoms with E-state index in [1.54, 1.807) is 44.2 Å². The Morgan fingerprint density at radius 3 is 2.15 bits per heavy atom. The summed E-state index contributed by atoms with van der Waals surface area (Å²) >= 11 is 0. The van der Waals surface area contributed by atoms with Crippen LogP contribution >= 0.6 is 0 Å². The van der Waals surface area contributed by atoms with Gasteiger partial charge in [0.05, 0.1) is 16.6 Å². The molecule has 3 aromatic rings. The van der Waals surface area contributed by atoms with E-state index in [9.17, 15) is 14.4 Å². The van der Waals surface area contributed by atoms with E-state index < -0.39 is 18.1 Å². The van der Waals surface area contributed by atoms with Crippen molar-refractivity contribution in [3.05, 3.63) is 63.3 Å². The van der Waals surface area contributed by atoms with Gasteiger partial charge in [-0.2, -0.15) is 0 Å². The van der Waals surface area contributed by atoms with Crippen molar-refractivity contribution in [2.24, 2.45) is 11.8 Å². The average Bonchev–Trinajstić information content (AvgIpc) is 2.94. The molecule has 4 heterocycles. The van der Waals surface area contributed by atoms with Crippen LogP contribution in [-0.2, 0) is 11.3 Å². The highest BCUT2D eigenvalue weighted by Crippen LogP contribution is 2.39. The summed E-state index contributed by atoms with van der Waals surface area (Å²) in [6.07, 6.45) is 17.4. The number of nitrogens with one attached hydrogen (secondary N) is 1. The van der Waals surface area contributed by atoms with Crippen LogP contribution in [0.2, 0.25) is 0 Å². The van der Waals surface area contributed by atoms with Gasteiger partial charge in [-0.25, -0.2) is 4.98 Å². The van der Waals surface area contributed by atoms with E-state index in [1.165, 1.54) is 25.5 Å². The average molecular weight is 545 g/mol. The second kappa shape index (κ2) is 11.7. The first-order valence-electron chi connectivity index (χ1n) is 15.1. The molecule has 2 atom stereocenters. The number of fused-ring (bicyclic) bond motifs is 5. The zero-order valence-corrected chi connectivity index (χ0v) is 23.1. The summed E-state index contributed by atoms with van der Waals surface area (Å²) in [5, 5.41) is 12.8. The summed E-state index contributed by atoms with van der Waals surface area (Å²) in [4.78, 5) is 42.3. The molecule has 8 heteroatoms. The van der Waals surface area contributed by atoms with Crippen molar-refractivity contribution >= 4 is 17.0 Å². The number of hydrogen-bond acceptors (Lipinski definition) is 5. The summed E-state index contributed by atoms with van der Waals surface area (Å²) in [7, 11) is 0. The van der Waals surface area contributed by atoms with Crippen LogP contribution in [-0.4, -0.2) is 37.3 Å². The summed E-state index contributed by atoms with van der Waals surface area (Å²) in [6.45, 7) is -0.466. The molecule has 7 rings (SSSR count). The lowest BCUT2D eigenvalue weighted by atomic mass is 9.72. The first kappa shape index (κ1) is 26.9. The summed E-state index contributed by atoms with van der Waals surface area (Å²) in [6, 6.07) is 11.4. The van der Waals surface area contributed by atoms with Gasteiger partial charge in [0.1, 0.15) is 12.2 Å². The quantitative estimate of drug-likeness (QED) is 0.472. The van der Waals surface area contributed by atoms with Gasteiger partial charge >= 0.3 is 5.97 Å². The van der Waals surface area contributed by atoms with Gasteiger partial charge in [-0.1, -0.05) is 57.1 Å². The Labute approximate surface area is 234 Å². The Kier molecular flexibility index (Phi) is 7.87. The van der Waals surface area contributed by atoms with E-state index >= 15 is 0 Å². The molecule has 0 amide bonds. The number of carboxylic acids is 1. The lowest BCUT2D eigenvalue weighted by Crippen LogP contribution is -2.50. The highest BCUT2D eigenvalue weighted by atomic mass is 16.4. The molecule has 2 aromatic heterocycles. The van der Waals surface area contributed by atoms with Crippen molar-refractivity contribution in [2.45, 2.75) is 102 Å². The third-order valence-electron chi connectivity index (χ3n) is 9.55. The maximum absolute atomic E-state index is 13.7. The Morgan fingerprint density at radius 2 is 1.50 bits per heavy atom. The van der Waals surface area contributed by atoms with E-state index in [4.69, 9.17) is 5.11 Å². The van der Waals surface area contributed by atoms with Crippen LogP contribution in [0, 0.1) is 11.8 Å². The molecule has 2 saturated heterocycles. The lowest BCUT2D eigenvalue weighted by molar-refractivity contribution is -0.137. The molecule has 4 bridgehead atoms. The third-order valence-corrected chi connectivity index (χ3v) is 9.55. The highest BCUT2D eigenvalue weighted by Gasteiger charge is 2.34. The molecule has 2 N–H and O–H groups in total. The van der Waals surface area contributed by atoms with Gasteiger partial charge in [-0.05, 0) is 68.2 Å². The van der Waals surface area contributed by atoms with Gasteiger partial charge in [-0.15, -0.1) is 0 Å². The maximum atomic E-state index is 13.7. The Bertz CT molecular complexity index is 1460. The highest BCUT2D eigenvalue weighted by molar-refractivity contribution is 5.78. The number of aliphatic carboxylic acids is 1. The number of rotatable bonds is 4. The Balaban J connectivity index is 0.000000271. The smallest absolute Gasteiger partial charge is 0.323 e. The van der Waals surface area contributed by atoms with E-state index in [0.717, 1.165) is 47.6 Å². The molecule has 4 fully saturated rings. The number of benzene rings is 1. The number of hydrogen-bond donors (Lipinski definition) is 2. The van der Waals surface area contributed by atoms with E-state index in [1.807, 2.05) is 28.8 Å². The van der Waals surface area contributed by atoms with Crippen molar-refractivity contribution < 1.29 is 9.90 Å². The summed E-state index contributed by atoms with van der Waals surface area (Å²) in [5.41, 5.74) is 0.790. The van der Waals surface area contributed by atoms with Crippen molar-refractivity contribution in [2.75, 3.05) is 0 Å². The fraction of sp³-hybridized carbons (Fsp3) is 0.562. The molecule has 4 aliphatic rings. The fourth-order valence-corrected chi connectivity index (χ4v) is 7.75. The van der Waals surface area contributed by atoms with Crippen LogP contribution < -0.4 is 16.4 Å². The molecular weight excluding hydrogens is 504 g/mol. The number of piperidine rings is 2. The second-order valence-corrected chi connectivity index (χ2v) is 12.3. The number of aromatic nitrogens is 3. The van der Waals surface area contributed by atoms with Gasteiger partial charge in [0.15, 0.2) is 0 Å². The van der Waals surface area contributed by atoms with Crippen molar-refractivity contribution in [1.29, 1.82) is 0 Å². The molecular formula is C32H40N4O4. The minimum Gasteiger partial charge on any atom is -0.480 e. The van der Waals surface area contributed by atoms with Gasteiger partial charge in [-0.3, -0.25) is 14.4 Å². The first-order chi connectivity index (χ1) is 19.5. The standard InChI is InChI=1S/C23H24N4O4.C9H16/c28-20(29)13-26-10-4-7-17(22(26)30)21-23(31)27(19-9-2-1-8-18(19)25-21)16-11-14-5-3-6-15(12-16)24-14;1-3-8-5-2-6-9(4-1)7-8/h1-2,4,7-10,14-16,24H,3,5-6,11-13H2,(H,28,29);8-9H,1-7H2. The zero-order chi connectivity index (χ0) is 27.6. The molecule has 2 saturated carbocycles. The molecule has 212 valence electrons. The molecule has 8 nitrogen and oxygen atoms in total.